The number of alkyl halides is 3. The van der Waals surface area contributed by atoms with Crippen LogP contribution in [-0.4, -0.2) is 36.6 Å². The van der Waals surface area contributed by atoms with Crippen LogP contribution in [0.5, 0.6) is 0 Å². The molecule has 1 unspecified atom stereocenters. The summed E-state index contributed by atoms with van der Waals surface area (Å²) >= 11 is 0. The highest BCUT2D eigenvalue weighted by atomic mass is 19.4. The molecule has 10 heavy (non-hydrogen) atoms. The first-order valence-corrected chi connectivity index (χ1v) is 2.52. The molecule has 6 heteroatoms. The molecule has 0 amide bonds. The van der Waals surface area contributed by atoms with Crippen LogP contribution in [0.2, 0.25) is 0 Å². The number of aliphatic hydroxyl groups excluding tert-OH is 1. The van der Waals surface area contributed by atoms with Crippen LogP contribution < -0.4 is 5.43 Å². The first kappa shape index (κ1) is 9.67. The van der Waals surface area contributed by atoms with E-state index in [2.05, 4.69) is 0 Å². The molecule has 0 saturated carbocycles. The van der Waals surface area contributed by atoms with Gasteiger partial charge in [-0.15, -0.1) is 0 Å². The van der Waals surface area contributed by atoms with Crippen molar-refractivity contribution in [3.63, 3.8) is 0 Å². The van der Waals surface area contributed by atoms with Crippen LogP contribution in [0.25, 0.3) is 0 Å². The topological polar surface area (TPSA) is 35.5 Å². The Morgan fingerprint density at radius 3 is 1.90 bits per heavy atom. The predicted molar refractivity (Wildman–Crippen MR) is 28.9 cm³/mol. The van der Waals surface area contributed by atoms with Crippen molar-refractivity contribution in [3.8, 4) is 0 Å². The quantitative estimate of drug-likeness (QED) is 0.436. The van der Waals surface area contributed by atoms with E-state index in [1.54, 1.807) is 5.43 Å². The summed E-state index contributed by atoms with van der Waals surface area (Å²) in [6.07, 6.45) is -7.09. The van der Waals surface area contributed by atoms with Gasteiger partial charge in [-0.1, -0.05) is 0 Å². The molecule has 0 heterocycles. The first-order chi connectivity index (χ1) is 4.34. The zero-order chi connectivity index (χ0) is 8.36. The number of nitrogens with one attached hydrogen (secondary N) is 1. The van der Waals surface area contributed by atoms with E-state index in [9.17, 15) is 13.2 Å². The van der Waals surface area contributed by atoms with Crippen molar-refractivity contribution in [2.75, 3.05) is 14.1 Å². The number of halogens is 3. The molecule has 3 nitrogen and oxygen atoms in total. The van der Waals surface area contributed by atoms with Crippen LogP contribution in [-0.2, 0) is 0 Å². The van der Waals surface area contributed by atoms with E-state index in [0.717, 1.165) is 5.01 Å². The van der Waals surface area contributed by atoms with Crippen molar-refractivity contribution in [1.82, 2.24) is 10.4 Å². The van der Waals surface area contributed by atoms with E-state index in [1.807, 2.05) is 0 Å². The second-order valence-electron chi connectivity index (χ2n) is 1.97. The number of aliphatic hydroxyl groups is 1. The Balaban J connectivity index is 3.73. The first-order valence-electron chi connectivity index (χ1n) is 2.52. The highest BCUT2D eigenvalue weighted by Crippen LogP contribution is 2.17. The fourth-order valence-electron chi connectivity index (χ4n) is 0.318. The number of hydrogen-bond donors (Lipinski definition) is 2. The molecule has 0 bridgehead atoms. The molecule has 0 radical (unpaired) electrons. The highest BCUT2D eigenvalue weighted by Gasteiger charge is 2.38. The normalized spacial score (nSPS) is 15.9. The van der Waals surface area contributed by atoms with E-state index in [1.165, 1.54) is 14.1 Å². The van der Waals surface area contributed by atoms with E-state index < -0.39 is 12.4 Å². The minimum atomic E-state index is -4.61. The number of hydrazine groups is 1. The van der Waals surface area contributed by atoms with Gasteiger partial charge in [0, 0.05) is 14.1 Å². The van der Waals surface area contributed by atoms with E-state index >= 15 is 0 Å². The van der Waals surface area contributed by atoms with Crippen molar-refractivity contribution < 1.29 is 18.3 Å². The Morgan fingerprint density at radius 2 is 1.80 bits per heavy atom. The van der Waals surface area contributed by atoms with Gasteiger partial charge in [-0.3, -0.25) is 0 Å². The van der Waals surface area contributed by atoms with Gasteiger partial charge >= 0.3 is 6.18 Å². The molecule has 0 aliphatic rings. The SMILES string of the molecule is CN(C)NC(O)C(F)(F)F. The lowest BCUT2D eigenvalue weighted by atomic mass is 10.6. The molecule has 0 fully saturated rings. The van der Waals surface area contributed by atoms with Crippen LogP contribution >= 0.6 is 0 Å². The lowest BCUT2D eigenvalue weighted by Crippen LogP contribution is -2.48. The molecule has 0 aliphatic heterocycles. The summed E-state index contributed by atoms with van der Waals surface area (Å²) in [5.74, 6) is 0. The van der Waals surface area contributed by atoms with Gasteiger partial charge < -0.3 is 5.11 Å². The third-order valence-corrected chi connectivity index (χ3v) is 0.691. The summed E-state index contributed by atoms with van der Waals surface area (Å²) in [4.78, 5) is 0. The number of nitrogens with zero attached hydrogens (tertiary/aromatic N) is 1. The molecular formula is C4H9F3N2O. The summed E-state index contributed by atoms with van der Waals surface area (Å²) in [6, 6.07) is 0. The molecule has 0 aromatic carbocycles. The molecule has 0 aliphatic carbocycles. The molecule has 0 aromatic heterocycles. The van der Waals surface area contributed by atoms with Gasteiger partial charge in [0.05, 0.1) is 0 Å². The fourth-order valence-corrected chi connectivity index (χ4v) is 0.318. The zero-order valence-corrected chi connectivity index (χ0v) is 5.61. The third kappa shape index (κ3) is 3.65. The zero-order valence-electron chi connectivity index (χ0n) is 5.61. The molecule has 2 N–H and O–H groups in total. The van der Waals surface area contributed by atoms with Crippen LogP contribution in [0.4, 0.5) is 13.2 Å². The maximum Gasteiger partial charge on any atom is 0.429 e. The van der Waals surface area contributed by atoms with Gasteiger partial charge in [-0.2, -0.15) is 13.2 Å². The second-order valence-corrected chi connectivity index (χ2v) is 1.97. The summed E-state index contributed by atoms with van der Waals surface area (Å²) in [6.45, 7) is 0. The minimum Gasteiger partial charge on any atom is -0.369 e. The van der Waals surface area contributed by atoms with Crippen molar-refractivity contribution in [1.29, 1.82) is 0 Å². The summed E-state index contributed by atoms with van der Waals surface area (Å²) in [5.41, 5.74) is 1.75. The Kier molecular flexibility index (Phi) is 3.07. The van der Waals surface area contributed by atoms with Crippen molar-refractivity contribution in [3.05, 3.63) is 0 Å². The van der Waals surface area contributed by atoms with E-state index in [4.69, 9.17) is 5.11 Å². The molecule has 62 valence electrons. The lowest BCUT2D eigenvalue weighted by Gasteiger charge is -2.19. The van der Waals surface area contributed by atoms with Gasteiger partial charge in [0.15, 0.2) is 0 Å². The highest BCUT2D eigenvalue weighted by molar-refractivity contribution is 4.58. The predicted octanol–water partition coefficient (Wildman–Crippen LogP) is -0.0667. The molecule has 0 spiro atoms. The maximum atomic E-state index is 11.5. The Bertz CT molecular complexity index is 103. The van der Waals surface area contributed by atoms with Crippen LogP contribution in [0.1, 0.15) is 0 Å². The standard InChI is InChI=1S/C4H9F3N2O/c1-9(2)8-3(10)4(5,6)7/h3,8,10H,1-2H3. The smallest absolute Gasteiger partial charge is 0.369 e. The van der Waals surface area contributed by atoms with E-state index in [-0.39, 0.29) is 0 Å². The van der Waals surface area contributed by atoms with Gasteiger partial charge in [0.2, 0.25) is 6.23 Å². The van der Waals surface area contributed by atoms with Crippen molar-refractivity contribution >= 4 is 0 Å². The van der Waals surface area contributed by atoms with Crippen molar-refractivity contribution in [2.24, 2.45) is 0 Å². The summed E-state index contributed by atoms with van der Waals surface area (Å²) in [5, 5.41) is 9.30. The summed E-state index contributed by atoms with van der Waals surface area (Å²) in [7, 11) is 2.71. The lowest BCUT2D eigenvalue weighted by molar-refractivity contribution is -0.225. The Labute approximate surface area is 56.4 Å². The molecule has 1 atom stereocenters. The molecule has 0 saturated heterocycles. The van der Waals surface area contributed by atoms with Gasteiger partial charge in [0.1, 0.15) is 0 Å². The average Bonchev–Trinajstić information content (AvgIpc) is 1.60. The monoisotopic (exact) mass is 158 g/mol. The van der Waals surface area contributed by atoms with Gasteiger partial charge in [-0.05, 0) is 0 Å². The van der Waals surface area contributed by atoms with Crippen LogP contribution in [0, 0.1) is 0 Å². The average molecular weight is 158 g/mol. The second kappa shape index (κ2) is 3.18. The molecular weight excluding hydrogens is 149 g/mol. The molecule has 0 aromatic rings. The molecule has 0 rings (SSSR count). The third-order valence-electron chi connectivity index (χ3n) is 0.691. The van der Waals surface area contributed by atoms with Gasteiger partial charge in [0.25, 0.3) is 0 Å². The maximum absolute atomic E-state index is 11.5. The minimum absolute atomic E-state index is 1.03. The van der Waals surface area contributed by atoms with Crippen molar-refractivity contribution in [2.45, 2.75) is 12.4 Å². The Morgan fingerprint density at radius 1 is 1.40 bits per heavy atom. The van der Waals surface area contributed by atoms with Crippen LogP contribution in [0.3, 0.4) is 0 Å². The van der Waals surface area contributed by atoms with Gasteiger partial charge in [-0.25, -0.2) is 10.4 Å². The largest absolute Gasteiger partial charge is 0.429 e. The van der Waals surface area contributed by atoms with Crippen LogP contribution in [0.15, 0.2) is 0 Å². The summed E-state index contributed by atoms with van der Waals surface area (Å²) < 4.78 is 34.4. The Hall–Kier alpha value is -0.330. The fraction of sp³-hybridized carbons (Fsp3) is 1.00. The number of hydrogen-bond acceptors (Lipinski definition) is 3. The number of rotatable bonds is 2. The van der Waals surface area contributed by atoms with E-state index in [0.29, 0.717) is 0 Å².